The molecule has 19 heavy (non-hydrogen) atoms. The Morgan fingerprint density at radius 3 is 2.47 bits per heavy atom. The topological polar surface area (TPSA) is 54.0 Å². The maximum absolute atomic E-state index is 11.7. The number of urea groups is 1. The van der Waals surface area contributed by atoms with E-state index in [0.29, 0.717) is 20.8 Å². The first-order chi connectivity index (χ1) is 9.06. The van der Waals surface area contributed by atoms with Gasteiger partial charge in [0.05, 0.1) is 15.1 Å². The SMILES string of the molecule is O=C(Nc1ccc(Cl)c(Cl)c1)Nc1ncccc1Cl. The lowest BCUT2D eigenvalue weighted by molar-refractivity contribution is 0.262. The van der Waals surface area contributed by atoms with Crippen LogP contribution in [0.2, 0.25) is 15.1 Å². The number of nitrogens with one attached hydrogen (secondary N) is 2. The van der Waals surface area contributed by atoms with Crippen molar-refractivity contribution in [2.45, 2.75) is 0 Å². The highest BCUT2D eigenvalue weighted by molar-refractivity contribution is 6.42. The summed E-state index contributed by atoms with van der Waals surface area (Å²) in [5.41, 5.74) is 0.513. The number of carbonyl (C=O) groups is 1. The molecule has 4 nitrogen and oxygen atoms in total. The standard InChI is InChI=1S/C12H8Cl3N3O/c13-8-4-3-7(6-10(8)15)17-12(19)18-11-9(14)2-1-5-16-11/h1-6H,(H2,16,17,18,19). The molecule has 0 saturated heterocycles. The summed E-state index contributed by atoms with van der Waals surface area (Å²) in [6, 6.07) is 7.59. The van der Waals surface area contributed by atoms with E-state index in [1.807, 2.05) is 0 Å². The Morgan fingerprint density at radius 2 is 1.79 bits per heavy atom. The summed E-state index contributed by atoms with van der Waals surface area (Å²) in [5, 5.41) is 6.24. The van der Waals surface area contributed by atoms with Crippen LogP contribution in [0.5, 0.6) is 0 Å². The molecule has 0 radical (unpaired) electrons. The summed E-state index contributed by atoms with van der Waals surface area (Å²) in [7, 11) is 0. The van der Waals surface area contributed by atoms with Gasteiger partial charge in [-0.1, -0.05) is 34.8 Å². The van der Waals surface area contributed by atoms with Crippen molar-refractivity contribution < 1.29 is 4.79 Å². The molecule has 0 aliphatic rings. The van der Waals surface area contributed by atoms with Crippen molar-refractivity contribution in [1.82, 2.24) is 4.98 Å². The summed E-state index contributed by atoms with van der Waals surface area (Å²) in [6.07, 6.45) is 1.53. The zero-order chi connectivity index (χ0) is 13.8. The zero-order valence-corrected chi connectivity index (χ0v) is 11.7. The average Bonchev–Trinajstić information content (AvgIpc) is 2.37. The quantitative estimate of drug-likeness (QED) is 0.844. The minimum absolute atomic E-state index is 0.279. The van der Waals surface area contributed by atoms with Crippen LogP contribution >= 0.6 is 34.8 Å². The molecule has 0 unspecified atom stereocenters. The van der Waals surface area contributed by atoms with E-state index in [1.165, 1.54) is 6.20 Å². The van der Waals surface area contributed by atoms with Crippen LogP contribution in [0.1, 0.15) is 0 Å². The Kier molecular flexibility index (Phi) is 4.47. The number of carbonyl (C=O) groups excluding carboxylic acids is 1. The number of anilines is 2. The molecule has 1 heterocycles. The van der Waals surface area contributed by atoms with Crippen LogP contribution in [0.4, 0.5) is 16.3 Å². The average molecular weight is 317 g/mol. The number of hydrogen-bond donors (Lipinski definition) is 2. The zero-order valence-electron chi connectivity index (χ0n) is 9.45. The van der Waals surface area contributed by atoms with Gasteiger partial charge in [-0.15, -0.1) is 0 Å². The summed E-state index contributed by atoms with van der Waals surface area (Å²) < 4.78 is 0. The Labute approximate surface area is 124 Å². The maximum Gasteiger partial charge on any atom is 0.324 e. The van der Waals surface area contributed by atoms with Gasteiger partial charge in [0.2, 0.25) is 0 Å². The lowest BCUT2D eigenvalue weighted by atomic mass is 10.3. The van der Waals surface area contributed by atoms with Crippen molar-refractivity contribution in [1.29, 1.82) is 0 Å². The van der Waals surface area contributed by atoms with E-state index in [1.54, 1.807) is 30.3 Å². The maximum atomic E-state index is 11.7. The smallest absolute Gasteiger partial charge is 0.308 e. The number of benzene rings is 1. The van der Waals surface area contributed by atoms with E-state index >= 15 is 0 Å². The fraction of sp³-hybridized carbons (Fsp3) is 0. The van der Waals surface area contributed by atoms with Crippen LogP contribution in [-0.4, -0.2) is 11.0 Å². The van der Waals surface area contributed by atoms with Crippen LogP contribution in [0, 0.1) is 0 Å². The molecule has 2 amide bonds. The normalized spacial score (nSPS) is 10.1. The van der Waals surface area contributed by atoms with Crippen molar-refractivity contribution >= 4 is 52.3 Å². The third-order valence-electron chi connectivity index (χ3n) is 2.17. The van der Waals surface area contributed by atoms with Gasteiger partial charge in [-0.2, -0.15) is 0 Å². The highest BCUT2D eigenvalue weighted by Crippen LogP contribution is 2.25. The van der Waals surface area contributed by atoms with Gasteiger partial charge < -0.3 is 5.32 Å². The predicted octanol–water partition coefficient (Wildman–Crippen LogP) is 4.69. The number of halogens is 3. The van der Waals surface area contributed by atoms with Crippen molar-refractivity contribution in [2.75, 3.05) is 10.6 Å². The van der Waals surface area contributed by atoms with E-state index in [4.69, 9.17) is 34.8 Å². The van der Waals surface area contributed by atoms with Gasteiger partial charge in [0.15, 0.2) is 5.82 Å². The third kappa shape index (κ3) is 3.73. The predicted molar refractivity (Wildman–Crippen MR) is 78.4 cm³/mol. The van der Waals surface area contributed by atoms with E-state index in [9.17, 15) is 4.79 Å². The summed E-state index contributed by atoms with van der Waals surface area (Å²) in [6.45, 7) is 0. The molecule has 1 aromatic carbocycles. The number of hydrogen-bond acceptors (Lipinski definition) is 2. The number of nitrogens with zero attached hydrogens (tertiary/aromatic N) is 1. The van der Waals surface area contributed by atoms with E-state index < -0.39 is 6.03 Å². The van der Waals surface area contributed by atoms with Crippen LogP contribution < -0.4 is 10.6 Å². The summed E-state index contributed by atoms with van der Waals surface area (Å²) >= 11 is 17.5. The number of amides is 2. The Hall–Kier alpha value is -1.49. The van der Waals surface area contributed by atoms with Gasteiger partial charge in [-0.25, -0.2) is 9.78 Å². The van der Waals surface area contributed by atoms with Gasteiger partial charge >= 0.3 is 6.03 Å². The lowest BCUT2D eigenvalue weighted by Crippen LogP contribution is -2.20. The van der Waals surface area contributed by atoms with Gasteiger partial charge in [0.1, 0.15) is 0 Å². The van der Waals surface area contributed by atoms with Crippen molar-refractivity contribution in [3.05, 3.63) is 51.6 Å². The Balaban J connectivity index is 2.05. The van der Waals surface area contributed by atoms with Crippen LogP contribution in [-0.2, 0) is 0 Å². The van der Waals surface area contributed by atoms with Crippen LogP contribution in [0.3, 0.4) is 0 Å². The monoisotopic (exact) mass is 315 g/mol. The molecule has 1 aromatic heterocycles. The molecule has 0 spiro atoms. The first-order valence-corrected chi connectivity index (χ1v) is 6.33. The van der Waals surface area contributed by atoms with Gasteiger partial charge in [-0.05, 0) is 30.3 Å². The molecule has 0 atom stereocenters. The highest BCUT2D eigenvalue weighted by Gasteiger charge is 2.07. The fourth-order valence-corrected chi connectivity index (χ4v) is 1.79. The fourth-order valence-electron chi connectivity index (χ4n) is 1.32. The molecule has 2 N–H and O–H groups in total. The molecule has 2 aromatic rings. The second-order valence-corrected chi connectivity index (χ2v) is 4.76. The molecule has 0 bridgehead atoms. The number of aromatic nitrogens is 1. The largest absolute Gasteiger partial charge is 0.324 e. The molecule has 0 saturated carbocycles. The molecule has 7 heteroatoms. The first-order valence-electron chi connectivity index (χ1n) is 5.20. The third-order valence-corrected chi connectivity index (χ3v) is 3.21. The molecular formula is C12H8Cl3N3O. The number of rotatable bonds is 2. The van der Waals surface area contributed by atoms with Crippen molar-refractivity contribution in [2.24, 2.45) is 0 Å². The number of pyridine rings is 1. The summed E-state index contributed by atoms with van der Waals surface area (Å²) in [4.78, 5) is 15.7. The summed E-state index contributed by atoms with van der Waals surface area (Å²) in [5.74, 6) is 0.279. The molecule has 0 fully saturated rings. The first kappa shape index (κ1) is 13.9. The minimum atomic E-state index is -0.473. The Morgan fingerprint density at radius 1 is 1.00 bits per heavy atom. The lowest BCUT2D eigenvalue weighted by Gasteiger charge is -2.08. The van der Waals surface area contributed by atoms with E-state index in [2.05, 4.69) is 15.6 Å². The van der Waals surface area contributed by atoms with Crippen LogP contribution in [0.15, 0.2) is 36.5 Å². The minimum Gasteiger partial charge on any atom is -0.308 e. The van der Waals surface area contributed by atoms with Crippen molar-refractivity contribution in [3.63, 3.8) is 0 Å². The van der Waals surface area contributed by atoms with E-state index in [0.717, 1.165) is 0 Å². The Bertz CT molecular complexity index is 619. The molecule has 98 valence electrons. The van der Waals surface area contributed by atoms with Gasteiger partial charge in [0, 0.05) is 11.9 Å². The molecule has 2 rings (SSSR count). The van der Waals surface area contributed by atoms with Crippen LogP contribution in [0.25, 0.3) is 0 Å². The van der Waals surface area contributed by atoms with Crippen molar-refractivity contribution in [3.8, 4) is 0 Å². The second kappa shape index (κ2) is 6.10. The van der Waals surface area contributed by atoms with E-state index in [-0.39, 0.29) is 5.82 Å². The van der Waals surface area contributed by atoms with Gasteiger partial charge in [0.25, 0.3) is 0 Å². The molecule has 0 aliphatic heterocycles. The van der Waals surface area contributed by atoms with Gasteiger partial charge in [-0.3, -0.25) is 5.32 Å². The second-order valence-electron chi connectivity index (χ2n) is 3.54. The molecular weight excluding hydrogens is 309 g/mol. The molecule has 0 aliphatic carbocycles. The highest BCUT2D eigenvalue weighted by atomic mass is 35.5.